The van der Waals surface area contributed by atoms with Gasteiger partial charge in [-0.15, -0.1) is 0 Å². The van der Waals surface area contributed by atoms with E-state index in [2.05, 4.69) is 10.4 Å². The van der Waals surface area contributed by atoms with Gasteiger partial charge >= 0.3 is 0 Å². The number of carbonyl (C=O) groups excluding carboxylic acids is 1. The minimum atomic E-state index is -0.340. The molecule has 1 amide bonds. The summed E-state index contributed by atoms with van der Waals surface area (Å²) in [4.78, 5) is 10.7. The van der Waals surface area contributed by atoms with E-state index in [1.807, 2.05) is 17.8 Å². The average Bonchev–Trinajstić information content (AvgIpc) is 2.61. The van der Waals surface area contributed by atoms with Crippen LogP contribution in [0.1, 0.15) is 19.4 Å². The van der Waals surface area contributed by atoms with Crippen LogP contribution in [0.4, 0.5) is 0 Å². The Morgan fingerprint density at radius 2 is 2.50 bits per heavy atom. The van der Waals surface area contributed by atoms with Crippen LogP contribution >= 0.6 is 0 Å². The second-order valence-electron chi connectivity index (χ2n) is 3.21. The average molecular weight is 196 g/mol. The second-order valence-corrected chi connectivity index (χ2v) is 3.21. The summed E-state index contributed by atoms with van der Waals surface area (Å²) in [5.41, 5.74) is 6.16. The molecule has 1 unspecified atom stereocenters. The number of rotatable bonds is 5. The molecule has 1 aromatic heterocycles. The smallest absolute Gasteiger partial charge is 0.234 e. The molecular formula is C9H16N4O. The fraction of sp³-hybridized carbons (Fsp3) is 0.556. The SMILES string of the molecule is CCn1cc(CNC(C)C(N)=O)cn1. The van der Waals surface area contributed by atoms with Gasteiger partial charge in [0.1, 0.15) is 0 Å². The molecule has 0 aliphatic rings. The Balaban J connectivity index is 2.41. The van der Waals surface area contributed by atoms with Gasteiger partial charge in [-0.1, -0.05) is 0 Å². The third-order valence-corrected chi connectivity index (χ3v) is 2.05. The first-order chi connectivity index (χ1) is 6.63. The molecule has 0 fully saturated rings. The first kappa shape index (κ1) is 10.7. The minimum Gasteiger partial charge on any atom is -0.368 e. The van der Waals surface area contributed by atoms with Gasteiger partial charge in [0.15, 0.2) is 0 Å². The summed E-state index contributed by atoms with van der Waals surface area (Å²) in [5.74, 6) is -0.340. The highest BCUT2D eigenvalue weighted by atomic mass is 16.1. The van der Waals surface area contributed by atoms with Crippen LogP contribution in [0.25, 0.3) is 0 Å². The summed E-state index contributed by atoms with van der Waals surface area (Å²) >= 11 is 0. The van der Waals surface area contributed by atoms with Crippen LogP contribution in [-0.4, -0.2) is 21.7 Å². The highest BCUT2D eigenvalue weighted by molar-refractivity contribution is 5.79. The van der Waals surface area contributed by atoms with Crippen molar-refractivity contribution in [1.82, 2.24) is 15.1 Å². The van der Waals surface area contributed by atoms with Crippen molar-refractivity contribution in [2.45, 2.75) is 33.0 Å². The lowest BCUT2D eigenvalue weighted by atomic mass is 10.3. The lowest BCUT2D eigenvalue weighted by Gasteiger charge is -2.07. The number of nitrogens with zero attached hydrogens (tertiary/aromatic N) is 2. The zero-order valence-corrected chi connectivity index (χ0v) is 8.53. The number of carbonyl (C=O) groups is 1. The predicted octanol–water partition coefficient (Wildman–Crippen LogP) is -0.134. The molecule has 0 spiro atoms. The highest BCUT2D eigenvalue weighted by Crippen LogP contribution is 1.97. The molecule has 78 valence electrons. The molecule has 0 aromatic carbocycles. The molecule has 5 heteroatoms. The Kier molecular flexibility index (Phi) is 3.64. The van der Waals surface area contributed by atoms with Crippen molar-refractivity contribution in [2.75, 3.05) is 0 Å². The molecule has 0 aliphatic carbocycles. The number of nitrogens with one attached hydrogen (secondary N) is 1. The molecule has 14 heavy (non-hydrogen) atoms. The Hall–Kier alpha value is -1.36. The van der Waals surface area contributed by atoms with Gasteiger partial charge in [0.25, 0.3) is 0 Å². The Bertz CT molecular complexity index is 308. The van der Waals surface area contributed by atoms with Crippen molar-refractivity contribution >= 4 is 5.91 Å². The normalized spacial score (nSPS) is 12.7. The fourth-order valence-corrected chi connectivity index (χ4v) is 1.04. The zero-order chi connectivity index (χ0) is 10.6. The molecule has 1 heterocycles. The van der Waals surface area contributed by atoms with Crippen molar-refractivity contribution in [3.63, 3.8) is 0 Å². The monoisotopic (exact) mass is 196 g/mol. The summed E-state index contributed by atoms with van der Waals surface area (Å²) in [7, 11) is 0. The Morgan fingerprint density at radius 1 is 1.79 bits per heavy atom. The third kappa shape index (κ3) is 2.85. The zero-order valence-electron chi connectivity index (χ0n) is 8.53. The standard InChI is InChI=1S/C9H16N4O/c1-3-13-6-8(5-12-13)4-11-7(2)9(10)14/h5-7,11H,3-4H2,1-2H3,(H2,10,14). The highest BCUT2D eigenvalue weighted by Gasteiger charge is 2.07. The summed E-state index contributed by atoms with van der Waals surface area (Å²) in [6, 6.07) is -0.306. The molecule has 0 bridgehead atoms. The fourth-order valence-electron chi connectivity index (χ4n) is 1.04. The largest absolute Gasteiger partial charge is 0.368 e. The van der Waals surface area contributed by atoms with Crippen LogP contribution < -0.4 is 11.1 Å². The maximum absolute atomic E-state index is 10.7. The molecular weight excluding hydrogens is 180 g/mol. The van der Waals surface area contributed by atoms with Crippen molar-refractivity contribution in [1.29, 1.82) is 0 Å². The van der Waals surface area contributed by atoms with Crippen LogP contribution in [0.5, 0.6) is 0 Å². The van der Waals surface area contributed by atoms with Gasteiger partial charge in [-0.2, -0.15) is 5.10 Å². The van der Waals surface area contributed by atoms with Crippen molar-refractivity contribution in [3.05, 3.63) is 18.0 Å². The number of aryl methyl sites for hydroxylation is 1. The van der Waals surface area contributed by atoms with Gasteiger partial charge in [-0.3, -0.25) is 9.48 Å². The second kappa shape index (κ2) is 4.76. The first-order valence-corrected chi connectivity index (χ1v) is 4.67. The Morgan fingerprint density at radius 3 is 3.00 bits per heavy atom. The molecule has 0 radical (unpaired) electrons. The van der Waals surface area contributed by atoms with Crippen LogP contribution in [0.3, 0.4) is 0 Å². The number of aromatic nitrogens is 2. The number of amides is 1. The molecule has 1 aromatic rings. The summed E-state index contributed by atoms with van der Waals surface area (Å²) in [6.45, 7) is 5.23. The minimum absolute atomic E-state index is 0.306. The predicted molar refractivity (Wildman–Crippen MR) is 53.4 cm³/mol. The first-order valence-electron chi connectivity index (χ1n) is 4.67. The molecule has 0 saturated heterocycles. The van der Waals surface area contributed by atoms with E-state index in [1.165, 1.54) is 0 Å². The molecule has 0 aliphatic heterocycles. The van der Waals surface area contributed by atoms with E-state index < -0.39 is 0 Å². The lowest BCUT2D eigenvalue weighted by Crippen LogP contribution is -2.38. The Labute approximate surface area is 83.3 Å². The lowest BCUT2D eigenvalue weighted by molar-refractivity contribution is -0.119. The number of hydrogen-bond acceptors (Lipinski definition) is 3. The van der Waals surface area contributed by atoms with E-state index in [4.69, 9.17) is 5.73 Å². The molecule has 0 saturated carbocycles. The van der Waals surface area contributed by atoms with Gasteiger partial charge in [0, 0.05) is 24.8 Å². The van der Waals surface area contributed by atoms with Crippen LogP contribution in [0.2, 0.25) is 0 Å². The van der Waals surface area contributed by atoms with Crippen LogP contribution in [-0.2, 0) is 17.9 Å². The van der Waals surface area contributed by atoms with Gasteiger partial charge in [-0.05, 0) is 13.8 Å². The van der Waals surface area contributed by atoms with E-state index >= 15 is 0 Å². The number of hydrogen-bond donors (Lipinski definition) is 2. The topological polar surface area (TPSA) is 72.9 Å². The molecule has 3 N–H and O–H groups in total. The van der Waals surface area contributed by atoms with Crippen molar-refractivity contribution in [2.24, 2.45) is 5.73 Å². The van der Waals surface area contributed by atoms with Crippen LogP contribution in [0, 0.1) is 0 Å². The maximum atomic E-state index is 10.7. The van der Waals surface area contributed by atoms with Gasteiger partial charge in [0.2, 0.25) is 5.91 Å². The van der Waals surface area contributed by atoms with Crippen molar-refractivity contribution < 1.29 is 4.79 Å². The van der Waals surface area contributed by atoms with E-state index in [1.54, 1.807) is 13.1 Å². The summed E-state index contributed by atoms with van der Waals surface area (Å²) in [6.07, 6.45) is 3.73. The van der Waals surface area contributed by atoms with E-state index in [9.17, 15) is 4.79 Å². The van der Waals surface area contributed by atoms with Gasteiger partial charge in [-0.25, -0.2) is 0 Å². The quantitative estimate of drug-likeness (QED) is 0.688. The molecule has 5 nitrogen and oxygen atoms in total. The summed E-state index contributed by atoms with van der Waals surface area (Å²) in [5, 5.41) is 7.13. The van der Waals surface area contributed by atoms with E-state index in [-0.39, 0.29) is 11.9 Å². The summed E-state index contributed by atoms with van der Waals surface area (Å²) < 4.78 is 1.84. The number of primary amides is 1. The van der Waals surface area contributed by atoms with Gasteiger partial charge in [0.05, 0.1) is 12.2 Å². The van der Waals surface area contributed by atoms with Gasteiger partial charge < -0.3 is 11.1 Å². The maximum Gasteiger partial charge on any atom is 0.234 e. The van der Waals surface area contributed by atoms with Crippen molar-refractivity contribution in [3.8, 4) is 0 Å². The third-order valence-electron chi connectivity index (χ3n) is 2.05. The molecule has 1 rings (SSSR count). The van der Waals surface area contributed by atoms with E-state index in [0.717, 1.165) is 12.1 Å². The number of nitrogens with two attached hydrogens (primary N) is 1. The van der Waals surface area contributed by atoms with E-state index in [0.29, 0.717) is 6.54 Å². The van der Waals surface area contributed by atoms with Crippen LogP contribution in [0.15, 0.2) is 12.4 Å². The molecule has 1 atom stereocenters.